The number of rotatable bonds is 10. The summed E-state index contributed by atoms with van der Waals surface area (Å²) in [6.45, 7) is 1.09. The van der Waals surface area contributed by atoms with Gasteiger partial charge in [0.2, 0.25) is 0 Å². The van der Waals surface area contributed by atoms with Crippen LogP contribution in [0.5, 0.6) is 5.75 Å². The van der Waals surface area contributed by atoms with Crippen LogP contribution in [0.15, 0.2) is 43.0 Å². The number of phenolic OH excluding ortho intramolecular Hbond substituents is 1. The lowest BCUT2D eigenvalue weighted by Crippen LogP contribution is -1.94. The molecule has 0 fully saturated rings. The van der Waals surface area contributed by atoms with Crippen LogP contribution in [-0.4, -0.2) is 14.7 Å². The van der Waals surface area contributed by atoms with Crippen LogP contribution in [0.3, 0.4) is 0 Å². The van der Waals surface area contributed by atoms with Gasteiger partial charge >= 0.3 is 0 Å². The van der Waals surface area contributed by atoms with E-state index in [1.54, 1.807) is 6.07 Å². The first kappa shape index (κ1) is 15.6. The quantitative estimate of drug-likeness (QED) is 0.650. The Kier molecular flexibility index (Phi) is 6.85. The SMILES string of the molecule is Oc1cccc(CCCCCCCCCn2ccnc2)c1. The first-order chi connectivity index (χ1) is 10.3. The Morgan fingerprint density at radius 2 is 1.71 bits per heavy atom. The molecule has 0 saturated carbocycles. The molecule has 0 atom stereocenters. The highest BCUT2D eigenvalue weighted by Gasteiger charge is 1.96. The van der Waals surface area contributed by atoms with Crippen molar-refractivity contribution in [2.24, 2.45) is 0 Å². The lowest BCUT2D eigenvalue weighted by Gasteiger charge is -2.04. The molecule has 0 saturated heterocycles. The molecular weight excluding hydrogens is 260 g/mol. The van der Waals surface area contributed by atoms with Crippen LogP contribution in [-0.2, 0) is 13.0 Å². The summed E-state index contributed by atoms with van der Waals surface area (Å²) in [6, 6.07) is 7.62. The summed E-state index contributed by atoms with van der Waals surface area (Å²) in [6.07, 6.45) is 15.9. The summed E-state index contributed by atoms with van der Waals surface area (Å²) < 4.78 is 2.15. The van der Waals surface area contributed by atoms with Gasteiger partial charge in [0.05, 0.1) is 6.33 Å². The number of hydrogen-bond donors (Lipinski definition) is 1. The molecule has 1 N–H and O–H groups in total. The lowest BCUT2D eigenvalue weighted by atomic mass is 10.0. The van der Waals surface area contributed by atoms with Gasteiger partial charge in [-0.25, -0.2) is 4.98 Å². The van der Waals surface area contributed by atoms with Gasteiger partial charge in [-0.2, -0.15) is 0 Å². The van der Waals surface area contributed by atoms with Crippen LogP contribution < -0.4 is 0 Å². The summed E-state index contributed by atoms with van der Waals surface area (Å²) in [5.74, 6) is 0.380. The number of nitrogens with zero attached hydrogens (tertiary/aromatic N) is 2. The first-order valence-corrected chi connectivity index (χ1v) is 8.08. The second kappa shape index (κ2) is 9.22. The average molecular weight is 286 g/mol. The molecule has 0 radical (unpaired) electrons. The number of aryl methyl sites for hydroxylation is 2. The van der Waals surface area contributed by atoms with E-state index < -0.39 is 0 Å². The van der Waals surface area contributed by atoms with Gasteiger partial charge in [-0.3, -0.25) is 0 Å². The molecule has 2 rings (SSSR count). The van der Waals surface area contributed by atoms with Gasteiger partial charge in [0.1, 0.15) is 5.75 Å². The Morgan fingerprint density at radius 3 is 2.43 bits per heavy atom. The molecule has 114 valence electrons. The van der Waals surface area contributed by atoms with Crippen molar-refractivity contribution in [3.05, 3.63) is 48.5 Å². The number of aromatic hydroxyl groups is 1. The zero-order valence-corrected chi connectivity index (χ0v) is 12.7. The predicted octanol–water partition coefficient (Wildman–Crippen LogP) is 4.56. The van der Waals surface area contributed by atoms with Gasteiger partial charge in [-0.1, -0.05) is 44.2 Å². The Hall–Kier alpha value is -1.77. The monoisotopic (exact) mass is 286 g/mol. The smallest absolute Gasteiger partial charge is 0.115 e. The fourth-order valence-electron chi connectivity index (χ4n) is 2.64. The molecule has 0 amide bonds. The van der Waals surface area contributed by atoms with E-state index in [4.69, 9.17) is 0 Å². The van der Waals surface area contributed by atoms with Crippen molar-refractivity contribution in [1.29, 1.82) is 0 Å². The van der Waals surface area contributed by atoms with Crippen LogP contribution in [0.4, 0.5) is 0 Å². The Morgan fingerprint density at radius 1 is 0.952 bits per heavy atom. The maximum atomic E-state index is 9.40. The first-order valence-electron chi connectivity index (χ1n) is 8.08. The van der Waals surface area contributed by atoms with Crippen molar-refractivity contribution in [2.45, 2.75) is 57.9 Å². The molecule has 1 heterocycles. The zero-order chi connectivity index (χ0) is 14.8. The lowest BCUT2D eigenvalue weighted by molar-refractivity contribution is 0.474. The number of aromatic nitrogens is 2. The molecule has 21 heavy (non-hydrogen) atoms. The largest absolute Gasteiger partial charge is 0.508 e. The topological polar surface area (TPSA) is 38.0 Å². The van der Waals surface area contributed by atoms with E-state index in [1.807, 2.05) is 30.9 Å². The molecule has 3 heteroatoms. The summed E-state index contributed by atoms with van der Waals surface area (Å²) in [4.78, 5) is 4.05. The van der Waals surface area contributed by atoms with Crippen molar-refractivity contribution in [2.75, 3.05) is 0 Å². The fraction of sp³-hybridized carbons (Fsp3) is 0.500. The Labute approximate surface area is 127 Å². The third-order valence-electron chi connectivity index (χ3n) is 3.85. The van der Waals surface area contributed by atoms with Crippen LogP contribution in [0.25, 0.3) is 0 Å². The van der Waals surface area contributed by atoms with E-state index in [9.17, 15) is 5.11 Å². The van der Waals surface area contributed by atoms with Gasteiger partial charge < -0.3 is 9.67 Å². The highest BCUT2D eigenvalue weighted by molar-refractivity contribution is 5.27. The predicted molar refractivity (Wildman–Crippen MR) is 86.4 cm³/mol. The van der Waals surface area contributed by atoms with Crippen molar-refractivity contribution < 1.29 is 5.11 Å². The van der Waals surface area contributed by atoms with Crippen molar-refractivity contribution in [3.63, 3.8) is 0 Å². The Balaban J connectivity index is 1.42. The van der Waals surface area contributed by atoms with E-state index in [2.05, 4.69) is 15.6 Å². The van der Waals surface area contributed by atoms with E-state index in [-0.39, 0.29) is 0 Å². The highest BCUT2D eigenvalue weighted by atomic mass is 16.3. The van der Waals surface area contributed by atoms with E-state index in [1.165, 1.54) is 50.5 Å². The summed E-state index contributed by atoms with van der Waals surface area (Å²) >= 11 is 0. The molecule has 2 aromatic rings. The fourth-order valence-corrected chi connectivity index (χ4v) is 2.64. The standard InChI is InChI=1S/C18H26N2O/c21-18-11-8-10-17(15-18)9-6-4-2-1-3-5-7-13-20-14-12-19-16-20/h8,10-12,14-16,21H,1-7,9,13H2. The van der Waals surface area contributed by atoms with E-state index in [0.29, 0.717) is 5.75 Å². The van der Waals surface area contributed by atoms with Crippen LogP contribution in [0.2, 0.25) is 0 Å². The molecule has 3 nitrogen and oxygen atoms in total. The molecule has 0 unspecified atom stereocenters. The number of hydrogen-bond acceptors (Lipinski definition) is 2. The highest BCUT2D eigenvalue weighted by Crippen LogP contribution is 2.15. The van der Waals surface area contributed by atoms with Crippen molar-refractivity contribution in [1.82, 2.24) is 9.55 Å². The molecule has 0 aliphatic heterocycles. The van der Waals surface area contributed by atoms with E-state index in [0.717, 1.165) is 13.0 Å². The average Bonchev–Trinajstić information content (AvgIpc) is 2.99. The minimum atomic E-state index is 0.380. The maximum Gasteiger partial charge on any atom is 0.115 e. The molecule has 1 aromatic carbocycles. The second-order valence-electron chi connectivity index (χ2n) is 5.70. The van der Waals surface area contributed by atoms with Crippen LogP contribution in [0.1, 0.15) is 50.5 Å². The zero-order valence-electron chi connectivity index (χ0n) is 12.7. The molecule has 1 aromatic heterocycles. The second-order valence-corrected chi connectivity index (χ2v) is 5.70. The third-order valence-corrected chi connectivity index (χ3v) is 3.85. The van der Waals surface area contributed by atoms with Crippen LogP contribution >= 0.6 is 0 Å². The van der Waals surface area contributed by atoms with Gasteiger partial charge in [0.25, 0.3) is 0 Å². The number of benzene rings is 1. The molecule has 0 bridgehead atoms. The van der Waals surface area contributed by atoms with Gasteiger partial charge in [0, 0.05) is 18.9 Å². The minimum Gasteiger partial charge on any atom is -0.508 e. The third kappa shape index (κ3) is 6.48. The van der Waals surface area contributed by atoms with Gasteiger partial charge in [0.15, 0.2) is 0 Å². The molecular formula is C18H26N2O. The van der Waals surface area contributed by atoms with Gasteiger partial charge in [-0.05, 0) is 37.0 Å². The number of imidazole rings is 1. The Bertz CT molecular complexity index is 494. The van der Waals surface area contributed by atoms with E-state index >= 15 is 0 Å². The number of unbranched alkanes of at least 4 members (excludes halogenated alkanes) is 6. The number of phenols is 1. The van der Waals surface area contributed by atoms with Crippen molar-refractivity contribution in [3.8, 4) is 5.75 Å². The normalized spacial score (nSPS) is 10.9. The molecule has 0 spiro atoms. The van der Waals surface area contributed by atoms with Crippen LogP contribution in [0, 0.1) is 0 Å². The molecule has 0 aliphatic rings. The summed E-state index contributed by atoms with van der Waals surface area (Å²) in [7, 11) is 0. The minimum absolute atomic E-state index is 0.380. The summed E-state index contributed by atoms with van der Waals surface area (Å²) in [5, 5.41) is 9.40. The maximum absolute atomic E-state index is 9.40. The van der Waals surface area contributed by atoms with Crippen molar-refractivity contribution >= 4 is 0 Å². The molecule has 0 aliphatic carbocycles. The van der Waals surface area contributed by atoms with Gasteiger partial charge in [-0.15, -0.1) is 0 Å². The summed E-state index contributed by atoms with van der Waals surface area (Å²) in [5.41, 5.74) is 1.25.